The molecule has 0 saturated carbocycles. The number of para-hydroxylation sites is 1. The number of hydrogen-bond acceptors (Lipinski definition) is 0. The summed E-state index contributed by atoms with van der Waals surface area (Å²) < 4.78 is 0. The van der Waals surface area contributed by atoms with E-state index in [0.29, 0.717) is 5.92 Å². The van der Waals surface area contributed by atoms with Gasteiger partial charge < -0.3 is 4.98 Å². The molecule has 3 aromatic rings. The van der Waals surface area contributed by atoms with Crippen molar-refractivity contribution in [1.29, 1.82) is 0 Å². The Balaban J connectivity index is 1.80. The summed E-state index contributed by atoms with van der Waals surface area (Å²) in [6, 6.07) is 17.6. The third-order valence-corrected chi connectivity index (χ3v) is 5.73. The summed E-state index contributed by atoms with van der Waals surface area (Å²) in [4.78, 5) is 3.61. The van der Waals surface area contributed by atoms with Gasteiger partial charge in [-0.25, -0.2) is 0 Å². The molecule has 0 bridgehead atoms. The summed E-state index contributed by atoms with van der Waals surface area (Å²) in [5, 5.41) is 1.39. The van der Waals surface area contributed by atoms with Crippen LogP contribution in [0.2, 0.25) is 0 Å². The largest absolute Gasteiger partial charge is 0.355 e. The van der Waals surface area contributed by atoms with Gasteiger partial charge in [-0.15, -0.1) is 0 Å². The van der Waals surface area contributed by atoms with Crippen LogP contribution in [0, 0.1) is 5.92 Å². The first kappa shape index (κ1) is 12.3. The van der Waals surface area contributed by atoms with Gasteiger partial charge in [0, 0.05) is 16.6 Å². The second-order valence-electron chi connectivity index (χ2n) is 7.19. The molecule has 1 heteroatoms. The van der Waals surface area contributed by atoms with Crippen LogP contribution in [0.1, 0.15) is 36.2 Å². The smallest absolute Gasteiger partial charge is 0.0461 e. The van der Waals surface area contributed by atoms with Crippen LogP contribution < -0.4 is 0 Å². The first-order valence-corrected chi connectivity index (χ1v) is 8.07. The molecule has 1 heterocycles. The molecule has 0 saturated heterocycles. The second-order valence-corrected chi connectivity index (χ2v) is 7.19. The fraction of sp³-hybridized carbons (Fsp3) is 0.238. The number of benzene rings is 2. The van der Waals surface area contributed by atoms with E-state index in [0.717, 1.165) is 6.42 Å². The van der Waals surface area contributed by atoms with Crippen molar-refractivity contribution in [2.75, 3.05) is 0 Å². The molecule has 1 aromatic heterocycles. The third-order valence-electron chi connectivity index (χ3n) is 5.73. The molecule has 5 rings (SSSR count). The molecule has 2 aliphatic rings. The van der Waals surface area contributed by atoms with Gasteiger partial charge in [-0.05, 0) is 52.2 Å². The zero-order valence-electron chi connectivity index (χ0n) is 13.0. The van der Waals surface area contributed by atoms with Crippen molar-refractivity contribution in [3.8, 4) is 0 Å². The molecule has 1 nitrogen and oxygen atoms in total. The molecule has 0 amide bonds. The Morgan fingerprint density at radius 2 is 1.77 bits per heavy atom. The van der Waals surface area contributed by atoms with E-state index in [-0.39, 0.29) is 5.41 Å². The number of nitrogens with one attached hydrogen (secondary N) is 1. The SMILES string of the molecule is CC1(C)c2ccccc2C2=Cc3[nH]c4ccccc4c3CC21. The summed E-state index contributed by atoms with van der Waals surface area (Å²) in [6.07, 6.45) is 3.53. The molecule has 0 radical (unpaired) electrons. The van der Waals surface area contributed by atoms with E-state index in [1.54, 1.807) is 0 Å². The molecule has 0 aliphatic heterocycles. The summed E-state index contributed by atoms with van der Waals surface area (Å²) in [5.41, 5.74) is 8.72. The predicted molar refractivity (Wildman–Crippen MR) is 92.8 cm³/mol. The van der Waals surface area contributed by atoms with Gasteiger partial charge >= 0.3 is 0 Å². The summed E-state index contributed by atoms with van der Waals surface area (Å²) in [5.74, 6) is 0.580. The summed E-state index contributed by atoms with van der Waals surface area (Å²) in [7, 11) is 0. The maximum Gasteiger partial charge on any atom is 0.0461 e. The second kappa shape index (κ2) is 3.92. The molecule has 2 aromatic carbocycles. The first-order chi connectivity index (χ1) is 10.7. The standard InChI is InChI=1S/C21H19N/c1-21(2)17-9-5-3-7-13(17)15-12-20-16(11-18(15)21)14-8-4-6-10-19(14)22-20/h3-10,12,18,22H,11H2,1-2H3. The molecule has 1 unspecified atom stereocenters. The lowest BCUT2D eigenvalue weighted by molar-refractivity contribution is 0.410. The van der Waals surface area contributed by atoms with Crippen molar-refractivity contribution in [3.05, 3.63) is 70.9 Å². The Bertz CT molecular complexity index is 939. The third kappa shape index (κ3) is 1.39. The van der Waals surface area contributed by atoms with Crippen LogP contribution in [-0.2, 0) is 11.8 Å². The first-order valence-electron chi connectivity index (χ1n) is 8.07. The molecular weight excluding hydrogens is 266 g/mol. The predicted octanol–water partition coefficient (Wildman–Crippen LogP) is 5.17. The Labute approximate surface area is 130 Å². The van der Waals surface area contributed by atoms with E-state index in [9.17, 15) is 0 Å². The number of hydrogen-bond donors (Lipinski definition) is 1. The van der Waals surface area contributed by atoms with Crippen molar-refractivity contribution in [2.24, 2.45) is 5.92 Å². The van der Waals surface area contributed by atoms with E-state index in [2.05, 4.69) is 73.4 Å². The van der Waals surface area contributed by atoms with Gasteiger partial charge in [-0.2, -0.15) is 0 Å². The van der Waals surface area contributed by atoms with Crippen LogP contribution in [0.25, 0.3) is 22.6 Å². The highest BCUT2D eigenvalue weighted by Gasteiger charge is 2.44. The number of fused-ring (bicyclic) bond motifs is 6. The average Bonchev–Trinajstić information content (AvgIpc) is 3.00. The number of aromatic nitrogens is 1. The molecule has 2 aliphatic carbocycles. The highest BCUT2D eigenvalue weighted by Crippen LogP contribution is 2.54. The fourth-order valence-electron chi connectivity index (χ4n) is 4.53. The number of allylic oxidation sites excluding steroid dienone is 1. The van der Waals surface area contributed by atoms with Gasteiger partial charge in [0.25, 0.3) is 0 Å². The van der Waals surface area contributed by atoms with Crippen LogP contribution in [-0.4, -0.2) is 4.98 Å². The van der Waals surface area contributed by atoms with Gasteiger partial charge in [0.05, 0.1) is 0 Å². The fourth-order valence-corrected chi connectivity index (χ4v) is 4.53. The van der Waals surface area contributed by atoms with Crippen LogP contribution >= 0.6 is 0 Å². The summed E-state index contributed by atoms with van der Waals surface area (Å²) >= 11 is 0. The lowest BCUT2D eigenvalue weighted by Crippen LogP contribution is -2.26. The number of aromatic amines is 1. The lowest BCUT2D eigenvalue weighted by Gasteiger charge is -2.31. The van der Waals surface area contributed by atoms with Gasteiger partial charge in [0.1, 0.15) is 0 Å². The van der Waals surface area contributed by atoms with Crippen molar-refractivity contribution in [1.82, 2.24) is 4.98 Å². The molecular formula is C21H19N. The quantitative estimate of drug-likeness (QED) is 0.586. The minimum Gasteiger partial charge on any atom is -0.355 e. The zero-order chi connectivity index (χ0) is 14.9. The van der Waals surface area contributed by atoms with Crippen LogP contribution in [0.3, 0.4) is 0 Å². The minimum absolute atomic E-state index is 0.207. The van der Waals surface area contributed by atoms with Crippen LogP contribution in [0.4, 0.5) is 0 Å². The van der Waals surface area contributed by atoms with E-state index in [1.165, 1.54) is 38.9 Å². The van der Waals surface area contributed by atoms with Gasteiger partial charge in [0.2, 0.25) is 0 Å². The highest BCUT2D eigenvalue weighted by molar-refractivity contribution is 5.96. The molecule has 1 N–H and O–H groups in total. The van der Waals surface area contributed by atoms with E-state index in [1.807, 2.05) is 0 Å². The molecule has 0 fully saturated rings. The van der Waals surface area contributed by atoms with Crippen molar-refractivity contribution in [3.63, 3.8) is 0 Å². The molecule has 108 valence electrons. The van der Waals surface area contributed by atoms with Crippen LogP contribution in [0.5, 0.6) is 0 Å². The van der Waals surface area contributed by atoms with E-state index < -0.39 is 0 Å². The summed E-state index contributed by atoms with van der Waals surface area (Å²) in [6.45, 7) is 4.80. The zero-order valence-corrected chi connectivity index (χ0v) is 13.0. The maximum absolute atomic E-state index is 3.61. The minimum atomic E-state index is 0.207. The van der Waals surface area contributed by atoms with Gasteiger partial charge in [0.15, 0.2) is 0 Å². The molecule has 1 atom stereocenters. The Hall–Kier alpha value is -2.28. The Morgan fingerprint density at radius 1 is 1.00 bits per heavy atom. The lowest BCUT2D eigenvalue weighted by atomic mass is 9.72. The normalized spacial score (nSPS) is 21.2. The Kier molecular flexibility index (Phi) is 2.19. The maximum atomic E-state index is 3.61. The van der Waals surface area contributed by atoms with Crippen molar-refractivity contribution >= 4 is 22.6 Å². The van der Waals surface area contributed by atoms with Gasteiger partial charge in [-0.3, -0.25) is 0 Å². The number of rotatable bonds is 0. The monoisotopic (exact) mass is 285 g/mol. The van der Waals surface area contributed by atoms with Gasteiger partial charge in [-0.1, -0.05) is 56.3 Å². The molecule has 0 spiro atoms. The van der Waals surface area contributed by atoms with Crippen LogP contribution in [0.15, 0.2) is 48.5 Å². The highest BCUT2D eigenvalue weighted by atomic mass is 14.7. The Morgan fingerprint density at radius 3 is 2.68 bits per heavy atom. The van der Waals surface area contributed by atoms with E-state index in [4.69, 9.17) is 0 Å². The van der Waals surface area contributed by atoms with Crippen molar-refractivity contribution < 1.29 is 0 Å². The van der Waals surface area contributed by atoms with E-state index >= 15 is 0 Å². The number of H-pyrrole nitrogens is 1. The average molecular weight is 285 g/mol. The topological polar surface area (TPSA) is 15.8 Å². The van der Waals surface area contributed by atoms with Crippen molar-refractivity contribution in [2.45, 2.75) is 25.7 Å². The molecule has 22 heavy (non-hydrogen) atoms.